The lowest BCUT2D eigenvalue weighted by molar-refractivity contribution is 0.613. The fourth-order valence-corrected chi connectivity index (χ4v) is 4.41. The first-order valence-corrected chi connectivity index (χ1v) is 10.3. The Hall–Kier alpha value is -2.39. The van der Waals surface area contributed by atoms with Crippen LogP contribution in [0, 0.1) is 0 Å². The van der Waals surface area contributed by atoms with Gasteiger partial charge in [-0.25, -0.2) is 8.42 Å². The van der Waals surface area contributed by atoms with Gasteiger partial charge in [-0.2, -0.15) is 0 Å². The lowest BCUT2D eigenvalue weighted by atomic mass is 9.86. The molecule has 3 aromatic carbocycles. The van der Waals surface area contributed by atoms with E-state index in [1.165, 1.54) is 59.4 Å². The van der Waals surface area contributed by atoms with Gasteiger partial charge in [0.25, 0.3) is 0 Å². The Morgan fingerprint density at radius 2 is 1.40 bits per heavy atom. The summed E-state index contributed by atoms with van der Waals surface area (Å²) in [4.78, 5) is 0. The highest BCUT2D eigenvalue weighted by molar-refractivity contribution is 7.97. The fraction of sp³-hybridized carbons (Fsp3) is 0.182. The molecule has 2 aliphatic rings. The van der Waals surface area contributed by atoms with Crippen LogP contribution < -0.4 is 0 Å². The van der Waals surface area contributed by atoms with Gasteiger partial charge in [0, 0.05) is 10.8 Å². The molecule has 3 aromatic rings. The standard InChI is InChI=1S/C18H16.C4H4O2S/c1-3-7-15-13(5-1)9-11-18-16-8-4-2-6-14(16)10-12-17(15)18;5-7(6)3-1-2-4-7/h1,3,5,7,9-12H,2,4,6,8H2;1-4H. The van der Waals surface area contributed by atoms with Gasteiger partial charge in [-0.3, -0.25) is 0 Å². The largest absolute Gasteiger partial charge is 0.220 e. The molecule has 0 atom stereocenters. The molecule has 0 unspecified atom stereocenters. The van der Waals surface area contributed by atoms with Crippen molar-refractivity contribution in [3.63, 3.8) is 0 Å². The van der Waals surface area contributed by atoms with E-state index in [0.717, 1.165) is 10.8 Å². The SMILES string of the molecule is O=S1(=O)C=CC=C1.c1ccc2c(c1)ccc1c3c(ccc12)CCCC3. The molecule has 0 fully saturated rings. The molecule has 2 nitrogen and oxygen atoms in total. The number of allylic oxidation sites excluding steroid dienone is 2. The summed E-state index contributed by atoms with van der Waals surface area (Å²) in [5, 5.41) is 7.96. The highest BCUT2D eigenvalue weighted by Gasteiger charge is 2.13. The molecular formula is C22H20O2S. The zero-order valence-electron chi connectivity index (χ0n) is 14.0. The van der Waals surface area contributed by atoms with Crippen molar-refractivity contribution >= 4 is 31.4 Å². The molecule has 0 spiro atoms. The maximum absolute atomic E-state index is 10.3. The van der Waals surface area contributed by atoms with Crippen molar-refractivity contribution in [2.24, 2.45) is 0 Å². The second kappa shape index (κ2) is 6.49. The summed E-state index contributed by atoms with van der Waals surface area (Å²) in [5.41, 5.74) is 3.17. The van der Waals surface area contributed by atoms with E-state index >= 15 is 0 Å². The van der Waals surface area contributed by atoms with Gasteiger partial charge < -0.3 is 0 Å². The van der Waals surface area contributed by atoms with Gasteiger partial charge in [-0.05, 0) is 70.5 Å². The Bertz CT molecular complexity index is 1090. The van der Waals surface area contributed by atoms with E-state index in [4.69, 9.17) is 0 Å². The van der Waals surface area contributed by atoms with Crippen molar-refractivity contribution < 1.29 is 8.42 Å². The first-order valence-electron chi connectivity index (χ1n) is 8.66. The number of benzene rings is 3. The van der Waals surface area contributed by atoms with Crippen LogP contribution in [0.2, 0.25) is 0 Å². The third kappa shape index (κ3) is 3.24. The average Bonchev–Trinajstić information content (AvgIpc) is 3.06. The smallest absolute Gasteiger partial charge is 0.193 e. The summed E-state index contributed by atoms with van der Waals surface area (Å²) in [6, 6.07) is 18.0. The summed E-state index contributed by atoms with van der Waals surface area (Å²) in [6.45, 7) is 0. The second-order valence-corrected chi connectivity index (χ2v) is 8.26. The molecular weight excluding hydrogens is 328 g/mol. The molecule has 5 rings (SSSR count). The van der Waals surface area contributed by atoms with Crippen LogP contribution in [0.3, 0.4) is 0 Å². The molecule has 0 N–H and O–H groups in total. The summed E-state index contributed by atoms with van der Waals surface area (Å²) < 4.78 is 20.5. The lowest BCUT2D eigenvalue weighted by Crippen LogP contribution is -2.02. The Balaban J connectivity index is 0.000000190. The second-order valence-electron chi connectivity index (χ2n) is 6.54. The zero-order valence-corrected chi connectivity index (χ0v) is 14.8. The monoisotopic (exact) mass is 348 g/mol. The highest BCUT2D eigenvalue weighted by Crippen LogP contribution is 2.33. The van der Waals surface area contributed by atoms with Crippen molar-refractivity contribution in [2.75, 3.05) is 0 Å². The summed E-state index contributed by atoms with van der Waals surface area (Å²) >= 11 is 0. The summed E-state index contributed by atoms with van der Waals surface area (Å²) in [6.07, 6.45) is 8.21. The molecule has 0 saturated carbocycles. The molecule has 0 radical (unpaired) electrons. The quantitative estimate of drug-likeness (QED) is 0.516. The van der Waals surface area contributed by atoms with E-state index in [1.54, 1.807) is 11.1 Å². The maximum Gasteiger partial charge on any atom is 0.193 e. The van der Waals surface area contributed by atoms with Crippen LogP contribution in [0.5, 0.6) is 0 Å². The van der Waals surface area contributed by atoms with Crippen LogP contribution in [-0.2, 0) is 22.7 Å². The molecule has 1 aliphatic carbocycles. The van der Waals surface area contributed by atoms with Gasteiger partial charge in [0.15, 0.2) is 9.84 Å². The third-order valence-electron chi connectivity index (χ3n) is 4.91. The van der Waals surface area contributed by atoms with E-state index < -0.39 is 9.84 Å². The lowest BCUT2D eigenvalue weighted by Gasteiger charge is -2.18. The highest BCUT2D eigenvalue weighted by atomic mass is 32.2. The predicted molar refractivity (Wildman–Crippen MR) is 105 cm³/mol. The topological polar surface area (TPSA) is 34.1 Å². The van der Waals surface area contributed by atoms with Crippen molar-refractivity contribution in [1.29, 1.82) is 0 Å². The average molecular weight is 348 g/mol. The number of hydrogen-bond acceptors (Lipinski definition) is 2. The molecule has 25 heavy (non-hydrogen) atoms. The molecule has 126 valence electrons. The van der Waals surface area contributed by atoms with Gasteiger partial charge in [-0.15, -0.1) is 0 Å². The van der Waals surface area contributed by atoms with Gasteiger partial charge in [0.2, 0.25) is 0 Å². The zero-order chi connectivity index (χ0) is 17.3. The molecule has 0 amide bonds. The Kier molecular flexibility index (Phi) is 4.18. The number of fused-ring (bicyclic) bond motifs is 5. The minimum Gasteiger partial charge on any atom is -0.220 e. The molecule has 0 bridgehead atoms. The minimum atomic E-state index is -2.91. The summed E-state index contributed by atoms with van der Waals surface area (Å²) in [5.74, 6) is 0. The van der Waals surface area contributed by atoms with Crippen molar-refractivity contribution in [1.82, 2.24) is 0 Å². The Morgan fingerprint density at radius 3 is 2.16 bits per heavy atom. The van der Waals surface area contributed by atoms with Gasteiger partial charge >= 0.3 is 0 Å². The van der Waals surface area contributed by atoms with E-state index in [1.807, 2.05) is 0 Å². The van der Waals surface area contributed by atoms with E-state index in [-0.39, 0.29) is 0 Å². The number of hydrogen-bond donors (Lipinski definition) is 0. The van der Waals surface area contributed by atoms with E-state index in [0.29, 0.717) is 0 Å². The van der Waals surface area contributed by atoms with Crippen LogP contribution in [0.1, 0.15) is 24.0 Å². The van der Waals surface area contributed by atoms with E-state index in [9.17, 15) is 8.42 Å². The number of sulfone groups is 1. The first kappa shape index (κ1) is 16.1. The Morgan fingerprint density at radius 1 is 0.680 bits per heavy atom. The maximum atomic E-state index is 10.3. The molecule has 0 saturated heterocycles. The van der Waals surface area contributed by atoms with Crippen LogP contribution in [-0.4, -0.2) is 8.42 Å². The number of rotatable bonds is 0. The number of aryl methyl sites for hydroxylation is 2. The summed E-state index contributed by atoms with van der Waals surface area (Å²) in [7, 11) is -2.91. The van der Waals surface area contributed by atoms with Crippen LogP contribution in [0.4, 0.5) is 0 Å². The third-order valence-corrected chi connectivity index (χ3v) is 5.98. The van der Waals surface area contributed by atoms with Gasteiger partial charge in [-0.1, -0.05) is 48.5 Å². The van der Waals surface area contributed by atoms with Crippen LogP contribution in [0.25, 0.3) is 21.5 Å². The molecule has 0 aromatic heterocycles. The molecule has 1 aliphatic heterocycles. The molecule has 1 heterocycles. The van der Waals surface area contributed by atoms with E-state index in [2.05, 4.69) is 48.5 Å². The van der Waals surface area contributed by atoms with Crippen molar-refractivity contribution in [3.8, 4) is 0 Å². The minimum absolute atomic E-state index is 1.16. The fourth-order valence-electron chi connectivity index (χ4n) is 3.70. The first-order chi connectivity index (χ1) is 12.1. The van der Waals surface area contributed by atoms with Gasteiger partial charge in [0.05, 0.1) is 0 Å². The van der Waals surface area contributed by atoms with Crippen LogP contribution >= 0.6 is 0 Å². The predicted octanol–water partition coefficient (Wildman–Crippen LogP) is 5.31. The molecule has 3 heteroatoms. The Labute approximate surface area is 148 Å². The van der Waals surface area contributed by atoms with Crippen molar-refractivity contribution in [3.05, 3.63) is 82.6 Å². The van der Waals surface area contributed by atoms with Gasteiger partial charge in [0.1, 0.15) is 0 Å². The van der Waals surface area contributed by atoms with Crippen molar-refractivity contribution in [2.45, 2.75) is 25.7 Å². The van der Waals surface area contributed by atoms with Crippen LogP contribution in [0.15, 0.2) is 71.5 Å². The normalized spacial score (nSPS) is 17.3.